The Balaban J connectivity index is 2.31. The fourth-order valence-electron chi connectivity index (χ4n) is 1.73. The Morgan fingerprint density at radius 3 is 2.93 bits per heavy atom. The number of aromatic nitrogens is 3. The van der Waals surface area contributed by atoms with E-state index in [2.05, 4.69) is 21.0 Å². The highest BCUT2D eigenvalue weighted by atomic mass is 14.8. The van der Waals surface area contributed by atoms with Crippen LogP contribution in [0.1, 0.15) is 0 Å². The zero-order chi connectivity index (χ0) is 10.1. The second-order valence-electron chi connectivity index (χ2n) is 3.34. The third kappa shape index (κ3) is 1.29. The number of hydrogen-bond acceptors (Lipinski definition) is 2. The lowest BCUT2D eigenvalue weighted by Gasteiger charge is -2.01. The van der Waals surface area contributed by atoms with Crippen LogP contribution in [0.5, 0.6) is 0 Å². The molecule has 0 saturated carbocycles. The van der Waals surface area contributed by atoms with Crippen LogP contribution in [0.15, 0.2) is 49.1 Å². The van der Waals surface area contributed by atoms with E-state index < -0.39 is 0 Å². The summed E-state index contributed by atoms with van der Waals surface area (Å²) in [5.41, 5.74) is 3.19. The molecule has 72 valence electrons. The van der Waals surface area contributed by atoms with E-state index in [1.165, 1.54) is 0 Å². The summed E-state index contributed by atoms with van der Waals surface area (Å²) in [7, 11) is 0. The molecule has 0 atom stereocenters. The minimum atomic E-state index is 0.913. The summed E-state index contributed by atoms with van der Waals surface area (Å²) < 4.78 is 0. The zero-order valence-corrected chi connectivity index (χ0v) is 8.01. The van der Waals surface area contributed by atoms with Gasteiger partial charge in [0.1, 0.15) is 5.65 Å². The van der Waals surface area contributed by atoms with E-state index >= 15 is 0 Å². The van der Waals surface area contributed by atoms with Crippen molar-refractivity contribution in [3.63, 3.8) is 0 Å². The van der Waals surface area contributed by atoms with Crippen molar-refractivity contribution in [1.29, 1.82) is 0 Å². The maximum atomic E-state index is 4.25. The lowest BCUT2D eigenvalue weighted by atomic mass is 10.1. The second-order valence-corrected chi connectivity index (χ2v) is 3.34. The molecule has 0 spiro atoms. The summed E-state index contributed by atoms with van der Waals surface area (Å²) in [4.78, 5) is 11.5. The van der Waals surface area contributed by atoms with Crippen LogP contribution in [0, 0.1) is 0 Å². The van der Waals surface area contributed by atoms with Gasteiger partial charge in [0.15, 0.2) is 0 Å². The van der Waals surface area contributed by atoms with Crippen LogP contribution < -0.4 is 0 Å². The average Bonchev–Trinajstić information content (AvgIpc) is 2.78. The van der Waals surface area contributed by atoms with Gasteiger partial charge in [0.05, 0.1) is 0 Å². The fraction of sp³-hybridized carbons (Fsp3) is 0. The highest BCUT2D eigenvalue weighted by molar-refractivity contribution is 5.92. The quantitative estimate of drug-likeness (QED) is 0.648. The number of pyridine rings is 2. The van der Waals surface area contributed by atoms with Gasteiger partial charge >= 0.3 is 0 Å². The van der Waals surface area contributed by atoms with Crippen molar-refractivity contribution in [3.8, 4) is 11.1 Å². The Hall–Kier alpha value is -2.16. The maximum Gasteiger partial charge on any atom is 0.137 e. The van der Waals surface area contributed by atoms with Gasteiger partial charge < -0.3 is 4.98 Å². The first kappa shape index (κ1) is 8.17. The van der Waals surface area contributed by atoms with Crippen LogP contribution in [-0.2, 0) is 0 Å². The minimum absolute atomic E-state index is 0.913. The van der Waals surface area contributed by atoms with E-state index in [0.29, 0.717) is 0 Å². The number of hydrogen-bond donors (Lipinski definition) is 1. The van der Waals surface area contributed by atoms with Gasteiger partial charge in [-0.05, 0) is 23.8 Å². The molecule has 0 aliphatic heterocycles. The number of nitrogens with zero attached hydrogens (tertiary/aromatic N) is 2. The monoisotopic (exact) mass is 195 g/mol. The first-order valence-corrected chi connectivity index (χ1v) is 4.77. The molecule has 3 aromatic rings. The maximum absolute atomic E-state index is 4.25. The molecule has 0 aliphatic rings. The Morgan fingerprint density at radius 2 is 2.07 bits per heavy atom. The SMILES string of the molecule is c1cncc(-c2ccnc3[nH]ccc23)c1. The summed E-state index contributed by atoms with van der Waals surface area (Å²) in [6.45, 7) is 0. The summed E-state index contributed by atoms with van der Waals surface area (Å²) in [5, 5.41) is 1.13. The van der Waals surface area contributed by atoms with Crippen LogP contribution in [0.2, 0.25) is 0 Å². The Morgan fingerprint density at radius 1 is 1.07 bits per heavy atom. The van der Waals surface area contributed by atoms with Crippen LogP contribution in [0.25, 0.3) is 22.2 Å². The molecule has 3 rings (SSSR count). The van der Waals surface area contributed by atoms with Gasteiger partial charge in [-0.25, -0.2) is 4.98 Å². The van der Waals surface area contributed by atoms with Gasteiger partial charge in [-0.2, -0.15) is 0 Å². The molecule has 0 aromatic carbocycles. The van der Waals surface area contributed by atoms with Crippen molar-refractivity contribution in [3.05, 3.63) is 49.1 Å². The van der Waals surface area contributed by atoms with Gasteiger partial charge in [-0.15, -0.1) is 0 Å². The summed E-state index contributed by atoms with van der Waals surface area (Å²) in [6.07, 6.45) is 7.35. The predicted octanol–water partition coefficient (Wildman–Crippen LogP) is 2.62. The van der Waals surface area contributed by atoms with E-state index in [4.69, 9.17) is 0 Å². The molecule has 1 N–H and O–H groups in total. The second kappa shape index (κ2) is 3.20. The summed E-state index contributed by atoms with van der Waals surface area (Å²) >= 11 is 0. The summed E-state index contributed by atoms with van der Waals surface area (Å²) in [6, 6.07) is 8.03. The molecule has 0 amide bonds. The number of nitrogens with one attached hydrogen (secondary N) is 1. The third-order valence-corrected chi connectivity index (χ3v) is 2.43. The Kier molecular flexibility index (Phi) is 1.75. The number of rotatable bonds is 1. The highest BCUT2D eigenvalue weighted by Crippen LogP contribution is 2.25. The van der Waals surface area contributed by atoms with E-state index in [-0.39, 0.29) is 0 Å². The van der Waals surface area contributed by atoms with Gasteiger partial charge in [0, 0.05) is 35.7 Å². The summed E-state index contributed by atoms with van der Waals surface area (Å²) in [5.74, 6) is 0. The molecule has 3 heteroatoms. The molecule has 0 saturated heterocycles. The van der Waals surface area contributed by atoms with Crippen molar-refractivity contribution < 1.29 is 0 Å². The first-order valence-electron chi connectivity index (χ1n) is 4.77. The third-order valence-electron chi connectivity index (χ3n) is 2.43. The van der Waals surface area contributed by atoms with E-state index in [9.17, 15) is 0 Å². The minimum Gasteiger partial charge on any atom is -0.346 e. The average molecular weight is 195 g/mol. The molecule has 15 heavy (non-hydrogen) atoms. The predicted molar refractivity (Wildman–Crippen MR) is 59.3 cm³/mol. The van der Waals surface area contributed by atoms with Crippen LogP contribution in [0.3, 0.4) is 0 Å². The van der Waals surface area contributed by atoms with Crippen molar-refractivity contribution in [2.45, 2.75) is 0 Å². The molecule has 3 aromatic heterocycles. The smallest absolute Gasteiger partial charge is 0.137 e. The number of fused-ring (bicyclic) bond motifs is 1. The normalized spacial score (nSPS) is 10.7. The lowest BCUT2D eigenvalue weighted by molar-refractivity contribution is 1.31. The molecular formula is C12H9N3. The molecule has 3 nitrogen and oxygen atoms in total. The van der Waals surface area contributed by atoms with Crippen molar-refractivity contribution in [2.24, 2.45) is 0 Å². The molecule has 3 heterocycles. The zero-order valence-electron chi connectivity index (χ0n) is 8.01. The standard InChI is InChI=1S/C12H9N3/c1-2-9(8-13-5-1)10-3-6-14-12-11(10)4-7-15-12/h1-8H,(H,14,15). The van der Waals surface area contributed by atoms with Gasteiger partial charge in [0.2, 0.25) is 0 Å². The molecule has 0 bridgehead atoms. The first-order chi connectivity index (χ1) is 7.45. The number of aromatic amines is 1. The van der Waals surface area contributed by atoms with E-state index in [1.807, 2.05) is 30.6 Å². The van der Waals surface area contributed by atoms with Gasteiger partial charge in [0.25, 0.3) is 0 Å². The van der Waals surface area contributed by atoms with Crippen LogP contribution in [-0.4, -0.2) is 15.0 Å². The van der Waals surface area contributed by atoms with Gasteiger partial charge in [-0.1, -0.05) is 6.07 Å². The Labute approximate surface area is 86.8 Å². The lowest BCUT2D eigenvalue weighted by Crippen LogP contribution is -1.82. The van der Waals surface area contributed by atoms with Crippen molar-refractivity contribution in [1.82, 2.24) is 15.0 Å². The van der Waals surface area contributed by atoms with Crippen molar-refractivity contribution >= 4 is 11.0 Å². The van der Waals surface area contributed by atoms with Crippen LogP contribution in [0.4, 0.5) is 0 Å². The Bertz CT molecular complexity index is 584. The molecule has 0 unspecified atom stereocenters. The van der Waals surface area contributed by atoms with E-state index in [1.54, 1.807) is 12.4 Å². The topological polar surface area (TPSA) is 41.6 Å². The fourth-order valence-corrected chi connectivity index (χ4v) is 1.73. The van der Waals surface area contributed by atoms with E-state index in [0.717, 1.165) is 22.2 Å². The molecular weight excluding hydrogens is 186 g/mol. The highest BCUT2D eigenvalue weighted by Gasteiger charge is 2.04. The molecule has 0 fully saturated rings. The largest absolute Gasteiger partial charge is 0.346 e. The van der Waals surface area contributed by atoms with Crippen LogP contribution >= 0.6 is 0 Å². The van der Waals surface area contributed by atoms with Crippen molar-refractivity contribution in [2.75, 3.05) is 0 Å². The van der Waals surface area contributed by atoms with Gasteiger partial charge in [-0.3, -0.25) is 4.98 Å². The number of H-pyrrole nitrogens is 1. The molecule has 0 radical (unpaired) electrons. The molecule has 0 aliphatic carbocycles.